The molecule has 3 nitrogen and oxygen atoms in total. The lowest BCUT2D eigenvalue weighted by Gasteiger charge is -2.37. The first-order chi connectivity index (χ1) is 9.43. The van der Waals surface area contributed by atoms with Gasteiger partial charge in [-0.1, -0.05) is 53.9 Å². The molecular weight excluding hydrogens is 248 g/mol. The van der Waals surface area contributed by atoms with Crippen LogP contribution in [0, 0.1) is 17.8 Å². The first-order valence-electron chi connectivity index (χ1n) is 8.51. The molecule has 1 aliphatic carbocycles. The van der Waals surface area contributed by atoms with Gasteiger partial charge in [0, 0.05) is 6.04 Å². The second kappa shape index (κ2) is 6.46. The van der Waals surface area contributed by atoms with Crippen molar-refractivity contribution in [2.24, 2.45) is 17.8 Å². The van der Waals surface area contributed by atoms with Gasteiger partial charge in [-0.3, -0.25) is 10.1 Å². The summed E-state index contributed by atoms with van der Waals surface area (Å²) in [6, 6.07) is 0.450. The van der Waals surface area contributed by atoms with Crippen molar-refractivity contribution in [1.29, 1.82) is 0 Å². The Labute approximate surface area is 124 Å². The van der Waals surface area contributed by atoms with Gasteiger partial charge >= 0.3 is 0 Å². The Kier molecular flexibility index (Phi) is 5.11. The lowest BCUT2D eigenvalue weighted by molar-refractivity contribution is -0.134. The third kappa shape index (κ3) is 3.03. The van der Waals surface area contributed by atoms with E-state index in [1.807, 2.05) is 0 Å². The van der Waals surface area contributed by atoms with Crippen molar-refractivity contribution in [3.8, 4) is 0 Å². The average molecular weight is 280 g/mol. The second-order valence-corrected chi connectivity index (χ2v) is 7.51. The van der Waals surface area contributed by atoms with Crippen molar-refractivity contribution in [1.82, 2.24) is 10.2 Å². The molecule has 2 fully saturated rings. The van der Waals surface area contributed by atoms with Gasteiger partial charge in [0.15, 0.2) is 0 Å². The minimum atomic E-state index is 0.0119. The molecule has 1 amide bonds. The van der Waals surface area contributed by atoms with E-state index < -0.39 is 0 Å². The van der Waals surface area contributed by atoms with E-state index in [0.29, 0.717) is 29.7 Å². The molecule has 0 spiro atoms. The third-order valence-electron chi connectivity index (χ3n) is 5.14. The number of hydrogen-bond donors (Lipinski definition) is 1. The summed E-state index contributed by atoms with van der Waals surface area (Å²) in [4.78, 5) is 15.1. The van der Waals surface area contributed by atoms with Crippen LogP contribution in [0.1, 0.15) is 66.7 Å². The number of nitrogens with one attached hydrogen (secondary N) is 1. The molecule has 2 aliphatic rings. The van der Waals surface area contributed by atoms with Crippen molar-refractivity contribution in [2.75, 3.05) is 0 Å². The second-order valence-electron chi connectivity index (χ2n) is 7.51. The van der Waals surface area contributed by atoms with E-state index in [-0.39, 0.29) is 12.2 Å². The normalized spacial score (nSPS) is 36.0. The van der Waals surface area contributed by atoms with Crippen LogP contribution in [0.15, 0.2) is 0 Å². The number of carbonyl (C=O) groups excluding carboxylic acids is 1. The maximum absolute atomic E-state index is 12.9. The summed E-state index contributed by atoms with van der Waals surface area (Å²) in [5.41, 5.74) is 0. The fourth-order valence-electron chi connectivity index (χ4n) is 3.88. The van der Waals surface area contributed by atoms with Gasteiger partial charge in [0.1, 0.15) is 0 Å². The summed E-state index contributed by atoms with van der Waals surface area (Å²) in [6.45, 7) is 11.1. The fourth-order valence-corrected chi connectivity index (χ4v) is 3.88. The lowest BCUT2D eigenvalue weighted by atomic mass is 9.93. The first kappa shape index (κ1) is 15.8. The number of amides is 1. The Morgan fingerprint density at radius 1 is 1.05 bits per heavy atom. The molecular formula is C17H32N2O. The number of nitrogens with zero attached hydrogens (tertiary/aromatic N) is 1. The molecule has 4 unspecified atom stereocenters. The zero-order valence-electron chi connectivity index (χ0n) is 13.9. The van der Waals surface area contributed by atoms with Crippen LogP contribution in [0.25, 0.3) is 0 Å². The highest BCUT2D eigenvalue weighted by Gasteiger charge is 2.45. The molecule has 4 atom stereocenters. The summed E-state index contributed by atoms with van der Waals surface area (Å²) in [7, 11) is 0. The molecule has 0 aromatic carbocycles. The van der Waals surface area contributed by atoms with Crippen molar-refractivity contribution in [3.05, 3.63) is 0 Å². The van der Waals surface area contributed by atoms with Crippen LogP contribution in [-0.4, -0.2) is 29.1 Å². The Bertz CT molecular complexity index is 340. The van der Waals surface area contributed by atoms with E-state index in [4.69, 9.17) is 0 Å². The molecule has 1 aliphatic heterocycles. The Balaban J connectivity index is 2.23. The summed E-state index contributed by atoms with van der Waals surface area (Å²) < 4.78 is 0. The maximum atomic E-state index is 12.9. The van der Waals surface area contributed by atoms with Crippen molar-refractivity contribution >= 4 is 5.91 Å². The van der Waals surface area contributed by atoms with Crippen LogP contribution in [0.2, 0.25) is 0 Å². The quantitative estimate of drug-likeness (QED) is 0.804. The maximum Gasteiger partial charge on any atom is 0.241 e. The fraction of sp³-hybridized carbons (Fsp3) is 0.941. The summed E-state index contributed by atoms with van der Waals surface area (Å²) in [6.07, 6.45) is 6.61. The molecule has 1 N–H and O–H groups in total. The van der Waals surface area contributed by atoms with Gasteiger partial charge in [-0.2, -0.15) is 0 Å². The van der Waals surface area contributed by atoms with Crippen LogP contribution >= 0.6 is 0 Å². The topological polar surface area (TPSA) is 32.3 Å². The number of rotatable bonds is 3. The highest BCUT2D eigenvalue weighted by atomic mass is 16.2. The van der Waals surface area contributed by atoms with E-state index in [1.54, 1.807) is 0 Å². The minimum absolute atomic E-state index is 0.0119. The summed E-state index contributed by atoms with van der Waals surface area (Å²) in [5.74, 6) is 1.82. The highest BCUT2D eigenvalue weighted by molar-refractivity contribution is 5.85. The molecule has 3 heteroatoms. The van der Waals surface area contributed by atoms with Gasteiger partial charge in [-0.05, 0) is 30.6 Å². The van der Waals surface area contributed by atoms with Crippen molar-refractivity contribution in [3.63, 3.8) is 0 Å². The summed E-state index contributed by atoms with van der Waals surface area (Å²) in [5, 5.41) is 3.60. The molecule has 116 valence electrons. The van der Waals surface area contributed by atoms with E-state index in [2.05, 4.69) is 44.8 Å². The zero-order chi connectivity index (χ0) is 14.9. The monoisotopic (exact) mass is 280 g/mol. The van der Waals surface area contributed by atoms with Crippen LogP contribution in [0.4, 0.5) is 0 Å². The van der Waals surface area contributed by atoms with Crippen molar-refractivity contribution < 1.29 is 4.79 Å². The minimum Gasteiger partial charge on any atom is -0.322 e. The molecule has 0 aromatic heterocycles. The van der Waals surface area contributed by atoms with Crippen LogP contribution in [-0.2, 0) is 4.79 Å². The first-order valence-corrected chi connectivity index (χ1v) is 8.51. The largest absolute Gasteiger partial charge is 0.322 e. The number of hydrogen-bond acceptors (Lipinski definition) is 2. The van der Waals surface area contributed by atoms with Crippen molar-refractivity contribution in [2.45, 2.75) is 85.0 Å². The molecule has 1 heterocycles. The molecule has 0 bridgehead atoms. The number of carbonyl (C=O) groups is 1. The standard InChI is InChI=1S/C17H32N2O/c1-11(2)15-17(20)19(16(18-15)12(3)4)14-10-8-6-7-9-13(14)5/h11-16,18H,6-10H2,1-5H3. The Hall–Kier alpha value is -0.570. The summed E-state index contributed by atoms with van der Waals surface area (Å²) >= 11 is 0. The highest BCUT2D eigenvalue weighted by Crippen LogP contribution is 2.33. The van der Waals surface area contributed by atoms with E-state index in [9.17, 15) is 4.79 Å². The molecule has 1 saturated carbocycles. The van der Waals surface area contributed by atoms with Gasteiger partial charge in [0.2, 0.25) is 5.91 Å². The molecule has 1 saturated heterocycles. The molecule has 0 radical (unpaired) electrons. The average Bonchev–Trinajstić information content (AvgIpc) is 2.57. The van der Waals surface area contributed by atoms with E-state index in [0.717, 1.165) is 0 Å². The molecule has 20 heavy (non-hydrogen) atoms. The predicted octanol–water partition coefficient (Wildman–Crippen LogP) is 3.39. The van der Waals surface area contributed by atoms with Crippen LogP contribution in [0.3, 0.4) is 0 Å². The van der Waals surface area contributed by atoms with Gasteiger partial charge in [0.25, 0.3) is 0 Å². The molecule has 2 rings (SSSR count). The van der Waals surface area contributed by atoms with Gasteiger partial charge in [0.05, 0.1) is 12.2 Å². The SMILES string of the molecule is CC(C)C1NC(C(C)C)N(C2CCCCCC2C)C1=O. The zero-order valence-corrected chi connectivity index (χ0v) is 13.9. The van der Waals surface area contributed by atoms with Gasteiger partial charge < -0.3 is 4.90 Å². The van der Waals surface area contributed by atoms with Gasteiger partial charge in [-0.15, -0.1) is 0 Å². The van der Waals surface area contributed by atoms with E-state index >= 15 is 0 Å². The Morgan fingerprint density at radius 3 is 2.30 bits per heavy atom. The molecule has 0 aromatic rings. The van der Waals surface area contributed by atoms with Crippen LogP contribution in [0.5, 0.6) is 0 Å². The lowest BCUT2D eigenvalue weighted by Crippen LogP contribution is -2.49. The van der Waals surface area contributed by atoms with Crippen LogP contribution < -0.4 is 5.32 Å². The predicted molar refractivity (Wildman–Crippen MR) is 83.3 cm³/mol. The van der Waals surface area contributed by atoms with Gasteiger partial charge in [-0.25, -0.2) is 0 Å². The third-order valence-corrected chi connectivity index (χ3v) is 5.14. The smallest absolute Gasteiger partial charge is 0.241 e. The Morgan fingerprint density at radius 2 is 1.70 bits per heavy atom. The van der Waals surface area contributed by atoms with E-state index in [1.165, 1.54) is 32.1 Å².